The number of nitrogens with zero attached hydrogens (tertiary/aromatic N) is 2. The van der Waals surface area contributed by atoms with Crippen LogP contribution in [0.15, 0.2) is 48.5 Å². The number of amides is 2. The van der Waals surface area contributed by atoms with Gasteiger partial charge in [0.25, 0.3) is 0 Å². The van der Waals surface area contributed by atoms with E-state index in [1.807, 2.05) is 0 Å². The second-order valence-electron chi connectivity index (χ2n) is 9.77. The Morgan fingerprint density at radius 2 is 1.77 bits per heavy atom. The number of benzene rings is 2. The van der Waals surface area contributed by atoms with Gasteiger partial charge >= 0.3 is 6.18 Å². The SMILES string of the molecule is C[C@H](C(=O)NC1CCCC1)N(Cc1ccccc1Cl)C(=O)CCCN(c1cccc(C(F)(F)F)c1)S(C)(=O)=O. The van der Waals surface area contributed by atoms with Gasteiger partial charge in [0.2, 0.25) is 21.8 Å². The van der Waals surface area contributed by atoms with Crippen molar-refractivity contribution >= 4 is 39.1 Å². The normalized spacial score (nSPS) is 15.1. The van der Waals surface area contributed by atoms with Gasteiger partial charge in [-0.25, -0.2) is 8.42 Å². The maximum Gasteiger partial charge on any atom is 0.416 e. The molecule has 0 heterocycles. The van der Waals surface area contributed by atoms with Crippen LogP contribution in [-0.4, -0.2) is 50.0 Å². The zero-order chi connectivity index (χ0) is 28.8. The number of hydrogen-bond donors (Lipinski definition) is 1. The molecule has 7 nitrogen and oxygen atoms in total. The number of carbonyl (C=O) groups is 2. The van der Waals surface area contributed by atoms with Crippen molar-refractivity contribution in [3.05, 3.63) is 64.7 Å². The standard InChI is InChI=1S/C27H33ClF3N3O4S/c1-19(26(36)32-22-11-4-5-12-22)33(18-20-9-3-6-14-24(20)28)25(35)15-8-16-34(39(2,37)38)23-13-7-10-21(17-23)27(29,30)31/h3,6-7,9-10,13-14,17,19,22H,4-5,8,11-12,15-16,18H2,1-2H3,(H,32,36)/t19-/m1/s1. The molecule has 2 amide bonds. The van der Waals surface area contributed by atoms with Crippen molar-refractivity contribution in [3.63, 3.8) is 0 Å². The number of rotatable bonds is 11. The highest BCUT2D eigenvalue weighted by molar-refractivity contribution is 7.92. The van der Waals surface area contributed by atoms with Crippen molar-refractivity contribution in [1.82, 2.24) is 10.2 Å². The lowest BCUT2D eigenvalue weighted by Crippen LogP contribution is -2.49. The van der Waals surface area contributed by atoms with E-state index in [-0.39, 0.29) is 43.6 Å². The molecule has 12 heteroatoms. The van der Waals surface area contributed by atoms with Gasteiger partial charge in [-0.05, 0) is 56.0 Å². The van der Waals surface area contributed by atoms with Crippen LogP contribution in [0.3, 0.4) is 0 Å². The van der Waals surface area contributed by atoms with E-state index in [9.17, 15) is 31.2 Å². The third-order valence-electron chi connectivity index (χ3n) is 6.78. The molecule has 214 valence electrons. The van der Waals surface area contributed by atoms with E-state index in [0.29, 0.717) is 10.6 Å². The van der Waals surface area contributed by atoms with Crippen LogP contribution in [0, 0.1) is 0 Å². The summed E-state index contributed by atoms with van der Waals surface area (Å²) in [5, 5.41) is 3.44. The van der Waals surface area contributed by atoms with Gasteiger partial charge in [0, 0.05) is 30.6 Å². The maximum absolute atomic E-state index is 13.4. The summed E-state index contributed by atoms with van der Waals surface area (Å²) < 4.78 is 65.3. The minimum absolute atomic E-state index is 0.0259. The largest absolute Gasteiger partial charge is 0.416 e. The van der Waals surface area contributed by atoms with Gasteiger partial charge in [-0.3, -0.25) is 13.9 Å². The summed E-state index contributed by atoms with van der Waals surface area (Å²) in [6.45, 7) is 1.49. The summed E-state index contributed by atoms with van der Waals surface area (Å²) >= 11 is 6.31. The molecule has 0 saturated heterocycles. The summed E-state index contributed by atoms with van der Waals surface area (Å²) in [5.41, 5.74) is -0.468. The molecular weight excluding hydrogens is 555 g/mol. The van der Waals surface area contributed by atoms with Crippen molar-refractivity contribution in [3.8, 4) is 0 Å². The topological polar surface area (TPSA) is 86.8 Å². The summed E-state index contributed by atoms with van der Waals surface area (Å²) in [6, 6.07) is 10.2. The summed E-state index contributed by atoms with van der Waals surface area (Å²) in [6.07, 6.45) is -0.0113. The summed E-state index contributed by atoms with van der Waals surface area (Å²) in [4.78, 5) is 27.8. The van der Waals surface area contributed by atoms with Crippen molar-refractivity contribution in [2.45, 2.75) is 70.3 Å². The summed E-state index contributed by atoms with van der Waals surface area (Å²) in [5.74, 6) is -0.689. The minimum atomic E-state index is -4.64. The van der Waals surface area contributed by atoms with Crippen LogP contribution in [0.2, 0.25) is 5.02 Å². The molecule has 0 aliphatic heterocycles. The van der Waals surface area contributed by atoms with Gasteiger partial charge in [0.15, 0.2) is 0 Å². The van der Waals surface area contributed by atoms with Crippen molar-refractivity contribution in [2.75, 3.05) is 17.1 Å². The molecule has 39 heavy (non-hydrogen) atoms. The highest BCUT2D eigenvalue weighted by Gasteiger charge is 2.32. The number of alkyl halides is 3. The maximum atomic E-state index is 13.4. The fourth-order valence-electron chi connectivity index (χ4n) is 4.63. The Morgan fingerprint density at radius 1 is 1.10 bits per heavy atom. The van der Waals surface area contributed by atoms with Gasteiger partial charge in [-0.2, -0.15) is 13.2 Å². The molecule has 1 aliphatic carbocycles. The molecule has 1 atom stereocenters. The average molecular weight is 588 g/mol. The number of hydrogen-bond acceptors (Lipinski definition) is 4. The van der Waals surface area contributed by atoms with Crippen LogP contribution >= 0.6 is 11.6 Å². The first-order valence-electron chi connectivity index (χ1n) is 12.8. The zero-order valence-electron chi connectivity index (χ0n) is 21.9. The highest BCUT2D eigenvalue weighted by atomic mass is 35.5. The fourth-order valence-corrected chi connectivity index (χ4v) is 5.78. The average Bonchev–Trinajstić information content (AvgIpc) is 3.37. The van der Waals surface area contributed by atoms with Gasteiger partial charge in [-0.15, -0.1) is 0 Å². The molecule has 2 aromatic rings. The number of nitrogens with one attached hydrogen (secondary N) is 1. The fraction of sp³-hybridized carbons (Fsp3) is 0.481. The Balaban J connectivity index is 1.75. The minimum Gasteiger partial charge on any atom is -0.352 e. The number of anilines is 1. The number of halogens is 4. The molecule has 0 radical (unpaired) electrons. The molecule has 1 saturated carbocycles. The number of carbonyl (C=O) groups excluding carboxylic acids is 2. The third kappa shape index (κ3) is 8.60. The second kappa shape index (κ2) is 13.0. The van der Waals surface area contributed by atoms with Crippen LogP contribution < -0.4 is 9.62 Å². The molecule has 0 bridgehead atoms. The Labute approximate surface area is 232 Å². The quantitative estimate of drug-likeness (QED) is 0.382. The first-order chi connectivity index (χ1) is 18.3. The van der Waals surface area contributed by atoms with E-state index >= 15 is 0 Å². The number of sulfonamides is 1. The van der Waals surface area contributed by atoms with Gasteiger partial charge in [-0.1, -0.05) is 48.7 Å². The predicted molar refractivity (Wildman–Crippen MR) is 145 cm³/mol. The van der Waals surface area contributed by atoms with E-state index in [4.69, 9.17) is 11.6 Å². The molecule has 1 aliphatic rings. The molecule has 1 N–H and O–H groups in total. The van der Waals surface area contributed by atoms with Crippen molar-refractivity contribution in [2.24, 2.45) is 0 Å². The van der Waals surface area contributed by atoms with E-state index in [1.165, 1.54) is 11.0 Å². The first kappa shape index (κ1) is 30.7. The predicted octanol–water partition coefficient (Wildman–Crippen LogP) is 5.38. The lowest BCUT2D eigenvalue weighted by molar-refractivity contribution is -0.141. The van der Waals surface area contributed by atoms with E-state index in [0.717, 1.165) is 54.4 Å². The van der Waals surface area contributed by atoms with Gasteiger partial charge < -0.3 is 10.2 Å². The van der Waals surface area contributed by atoms with E-state index in [2.05, 4.69) is 5.32 Å². The van der Waals surface area contributed by atoms with Crippen LogP contribution in [0.4, 0.5) is 18.9 Å². The monoisotopic (exact) mass is 587 g/mol. The zero-order valence-corrected chi connectivity index (χ0v) is 23.5. The van der Waals surface area contributed by atoms with Crippen molar-refractivity contribution in [1.29, 1.82) is 0 Å². The van der Waals surface area contributed by atoms with Gasteiger partial charge in [0.05, 0.1) is 17.5 Å². The molecule has 0 aromatic heterocycles. The van der Waals surface area contributed by atoms with E-state index < -0.39 is 33.7 Å². The Hall–Kier alpha value is -2.79. The van der Waals surface area contributed by atoms with Crippen LogP contribution in [0.25, 0.3) is 0 Å². The molecule has 0 unspecified atom stereocenters. The lowest BCUT2D eigenvalue weighted by Gasteiger charge is -2.30. The third-order valence-corrected chi connectivity index (χ3v) is 8.34. The van der Waals surface area contributed by atoms with Crippen LogP contribution in [-0.2, 0) is 32.3 Å². The molecular formula is C27H33ClF3N3O4S. The highest BCUT2D eigenvalue weighted by Crippen LogP contribution is 2.32. The summed E-state index contributed by atoms with van der Waals surface area (Å²) in [7, 11) is -3.94. The Morgan fingerprint density at radius 3 is 2.38 bits per heavy atom. The lowest BCUT2D eigenvalue weighted by atomic mass is 10.1. The molecule has 2 aromatic carbocycles. The molecule has 0 spiro atoms. The van der Waals surface area contributed by atoms with Crippen molar-refractivity contribution < 1.29 is 31.2 Å². The Kier molecular flexibility index (Phi) is 10.3. The van der Waals surface area contributed by atoms with E-state index in [1.54, 1.807) is 31.2 Å². The second-order valence-corrected chi connectivity index (χ2v) is 12.1. The molecule has 1 fully saturated rings. The van der Waals surface area contributed by atoms with Crippen LogP contribution in [0.5, 0.6) is 0 Å². The molecule has 3 rings (SSSR count). The van der Waals surface area contributed by atoms with Crippen LogP contribution in [0.1, 0.15) is 56.6 Å². The smallest absolute Gasteiger partial charge is 0.352 e. The first-order valence-corrected chi connectivity index (χ1v) is 15.0. The van der Waals surface area contributed by atoms with Gasteiger partial charge in [0.1, 0.15) is 6.04 Å². The Bertz CT molecular complexity index is 1270.